The summed E-state index contributed by atoms with van der Waals surface area (Å²) in [5, 5.41) is 0.751. The summed E-state index contributed by atoms with van der Waals surface area (Å²) >= 11 is 6.12. The fourth-order valence-electron chi connectivity index (χ4n) is 6.95. The van der Waals surface area contributed by atoms with Gasteiger partial charge in [-0.25, -0.2) is 0 Å². The molecule has 0 amide bonds. The van der Waals surface area contributed by atoms with Crippen LogP contribution in [0.4, 0.5) is 17.1 Å². The molecule has 0 atom stereocenters. The highest BCUT2D eigenvalue weighted by Crippen LogP contribution is 2.39. The molecule has 7 aromatic carbocycles. The Kier molecular flexibility index (Phi) is 10.5. The van der Waals surface area contributed by atoms with Crippen LogP contribution in [0.15, 0.2) is 164 Å². The molecule has 1 nitrogen and oxygen atoms in total. The molecule has 252 valence electrons. The molecule has 51 heavy (non-hydrogen) atoms. The van der Waals surface area contributed by atoms with Gasteiger partial charge in [0.15, 0.2) is 0 Å². The summed E-state index contributed by atoms with van der Waals surface area (Å²) in [4.78, 5) is 2.36. The average Bonchev–Trinajstić information content (AvgIpc) is 3.17. The van der Waals surface area contributed by atoms with Crippen LogP contribution in [0.5, 0.6) is 0 Å². The molecule has 0 aliphatic carbocycles. The summed E-state index contributed by atoms with van der Waals surface area (Å²) < 4.78 is 0. The Hall–Kier alpha value is -5.37. The Balaban J connectivity index is 1.21. The molecular weight excluding hydrogens is 638 g/mol. The van der Waals surface area contributed by atoms with Crippen LogP contribution in [0.25, 0.3) is 44.5 Å². The van der Waals surface area contributed by atoms with Crippen LogP contribution in [-0.2, 0) is 12.8 Å². The van der Waals surface area contributed by atoms with E-state index in [4.69, 9.17) is 11.6 Å². The van der Waals surface area contributed by atoms with Crippen molar-refractivity contribution in [3.63, 3.8) is 0 Å². The number of nitrogens with zero attached hydrogens (tertiary/aromatic N) is 1. The molecule has 0 saturated heterocycles. The normalized spacial score (nSPS) is 11.1. The van der Waals surface area contributed by atoms with E-state index in [0.717, 1.165) is 53.3 Å². The SMILES string of the molecule is CCCc1ccc(-c2ccc(N(c3ccc(-c4ccc(CCC)cc4)cc3)c3ccc(-c4ccc(-c5ccc(Cl)cc5)cc4)c(C)c3)cc2)cc1. The number of halogens is 1. The van der Waals surface area contributed by atoms with Gasteiger partial charge in [-0.15, -0.1) is 0 Å². The van der Waals surface area contributed by atoms with Gasteiger partial charge in [-0.3, -0.25) is 0 Å². The third-order valence-electron chi connectivity index (χ3n) is 9.74. The molecule has 0 aromatic heterocycles. The first-order valence-corrected chi connectivity index (χ1v) is 18.5. The van der Waals surface area contributed by atoms with Crippen LogP contribution < -0.4 is 4.90 Å². The summed E-state index contributed by atoms with van der Waals surface area (Å²) in [7, 11) is 0. The summed E-state index contributed by atoms with van der Waals surface area (Å²) in [6.07, 6.45) is 4.55. The largest absolute Gasteiger partial charge is 0.310 e. The van der Waals surface area contributed by atoms with Gasteiger partial charge >= 0.3 is 0 Å². The number of rotatable bonds is 11. The molecule has 7 aromatic rings. The van der Waals surface area contributed by atoms with E-state index >= 15 is 0 Å². The Labute approximate surface area is 308 Å². The third kappa shape index (κ3) is 7.85. The predicted octanol–water partition coefficient (Wildman–Crippen LogP) is 14.7. The van der Waals surface area contributed by atoms with Crippen LogP contribution in [0.2, 0.25) is 5.02 Å². The molecule has 0 N–H and O–H groups in total. The summed E-state index contributed by atoms with van der Waals surface area (Å²) in [6, 6.07) is 59.6. The smallest absolute Gasteiger partial charge is 0.0464 e. The van der Waals surface area contributed by atoms with Crippen LogP contribution in [0.3, 0.4) is 0 Å². The zero-order valence-corrected chi connectivity index (χ0v) is 30.5. The van der Waals surface area contributed by atoms with Gasteiger partial charge in [0.05, 0.1) is 0 Å². The first-order valence-electron chi connectivity index (χ1n) is 18.1. The Morgan fingerprint density at radius 1 is 0.392 bits per heavy atom. The summed E-state index contributed by atoms with van der Waals surface area (Å²) in [5.74, 6) is 0. The first kappa shape index (κ1) is 34.1. The van der Waals surface area contributed by atoms with Crippen LogP contribution in [0.1, 0.15) is 43.4 Å². The summed E-state index contributed by atoms with van der Waals surface area (Å²) in [5.41, 5.74) is 17.1. The molecule has 0 spiro atoms. The molecule has 0 heterocycles. The molecule has 0 fully saturated rings. The minimum absolute atomic E-state index is 0.751. The zero-order valence-electron chi connectivity index (χ0n) is 29.7. The van der Waals surface area contributed by atoms with Gasteiger partial charge in [-0.2, -0.15) is 0 Å². The Bertz CT molecular complexity index is 2090. The third-order valence-corrected chi connectivity index (χ3v) is 10.00. The second-order valence-corrected chi connectivity index (χ2v) is 13.8. The highest BCUT2D eigenvalue weighted by Gasteiger charge is 2.15. The Morgan fingerprint density at radius 2 is 0.725 bits per heavy atom. The van der Waals surface area contributed by atoms with E-state index in [1.54, 1.807) is 0 Å². The van der Waals surface area contributed by atoms with Gasteiger partial charge in [0, 0.05) is 22.1 Å². The molecule has 0 bridgehead atoms. The van der Waals surface area contributed by atoms with Crippen LogP contribution in [-0.4, -0.2) is 0 Å². The van der Waals surface area contributed by atoms with Crippen molar-refractivity contribution in [1.82, 2.24) is 0 Å². The maximum atomic E-state index is 6.12. The van der Waals surface area contributed by atoms with Crippen LogP contribution >= 0.6 is 11.6 Å². The standard InChI is InChI=1S/C49H44ClN/c1-4-6-36-8-12-38(13-9-36)42-22-28-46(29-23-42)51(47-30-24-43(25-31-47)39-14-10-37(7-5-2)11-15-39)48-32-33-49(35(3)34-48)44-18-16-40(17-19-44)41-20-26-45(50)27-21-41/h8-34H,4-7H2,1-3H3. The fraction of sp³-hybridized carbons (Fsp3) is 0.143. The highest BCUT2D eigenvalue weighted by molar-refractivity contribution is 6.30. The van der Waals surface area contributed by atoms with Crippen molar-refractivity contribution in [3.05, 3.63) is 186 Å². The summed E-state index contributed by atoms with van der Waals surface area (Å²) in [6.45, 7) is 6.67. The van der Waals surface area contributed by atoms with Crippen LogP contribution in [0, 0.1) is 6.92 Å². The molecule has 2 heteroatoms. The van der Waals surface area contributed by atoms with E-state index in [1.165, 1.54) is 55.6 Å². The maximum Gasteiger partial charge on any atom is 0.0464 e. The lowest BCUT2D eigenvalue weighted by Crippen LogP contribution is -2.10. The van der Waals surface area contributed by atoms with Crippen molar-refractivity contribution in [1.29, 1.82) is 0 Å². The lowest BCUT2D eigenvalue weighted by molar-refractivity contribution is 0.922. The lowest BCUT2D eigenvalue weighted by Gasteiger charge is -2.27. The highest BCUT2D eigenvalue weighted by atomic mass is 35.5. The van der Waals surface area contributed by atoms with E-state index in [2.05, 4.69) is 177 Å². The van der Waals surface area contributed by atoms with Crippen molar-refractivity contribution >= 4 is 28.7 Å². The number of hydrogen-bond donors (Lipinski definition) is 0. The fourth-order valence-corrected chi connectivity index (χ4v) is 7.08. The van der Waals surface area contributed by atoms with E-state index < -0.39 is 0 Å². The molecular formula is C49H44ClN. The lowest BCUT2D eigenvalue weighted by atomic mass is 9.96. The topological polar surface area (TPSA) is 3.24 Å². The van der Waals surface area contributed by atoms with E-state index in [-0.39, 0.29) is 0 Å². The van der Waals surface area contributed by atoms with Gasteiger partial charge in [-0.05, 0) is 129 Å². The van der Waals surface area contributed by atoms with Crippen molar-refractivity contribution in [2.24, 2.45) is 0 Å². The van der Waals surface area contributed by atoms with Crippen molar-refractivity contribution in [2.45, 2.75) is 46.5 Å². The minimum Gasteiger partial charge on any atom is -0.310 e. The number of benzene rings is 7. The number of hydrogen-bond acceptors (Lipinski definition) is 1. The molecule has 0 aliphatic heterocycles. The second-order valence-electron chi connectivity index (χ2n) is 13.4. The predicted molar refractivity (Wildman–Crippen MR) is 221 cm³/mol. The van der Waals surface area contributed by atoms with E-state index in [9.17, 15) is 0 Å². The van der Waals surface area contributed by atoms with Crippen molar-refractivity contribution in [3.8, 4) is 44.5 Å². The molecule has 7 rings (SSSR count). The zero-order chi connectivity index (χ0) is 35.2. The van der Waals surface area contributed by atoms with E-state index in [1.807, 2.05) is 12.1 Å². The maximum absolute atomic E-state index is 6.12. The average molecular weight is 682 g/mol. The van der Waals surface area contributed by atoms with E-state index in [0.29, 0.717) is 0 Å². The molecule has 0 aliphatic rings. The van der Waals surface area contributed by atoms with Gasteiger partial charge in [-0.1, -0.05) is 154 Å². The van der Waals surface area contributed by atoms with Gasteiger partial charge in [0.25, 0.3) is 0 Å². The number of aryl methyl sites for hydroxylation is 3. The van der Waals surface area contributed by atoms with Crippen molar-refractivity contribution < 1.29 is 0 Å². The second kappa shape index (κ2) is 15.7. The van der Waals surface area contributed by atoms with Gasteiger partial charge < -0.3 is 4.90 Å². The molecule has 0 unspecified atom stereocenters. The monoisotopic (exact) mass is 681 g/mol. The molecule has 0 radical (unpaired) electrons. The molecule has 0 saturated carbocycles. The minimum atomic E-state index is 0.751. The van der Waals surface area contributed by atoms with Crippen molar-refractivity contribution in [2.75, 3.05) is 4.90 Å². The van der Waals surface area contributed by atoms with Gasteiger partial charge in [0.1, 0.15) is 0 Å². The first-order chi connectivity index (χ1) is 25.0. The Morgan fingerprint density at radius 3 is 1.12 bits per heavy atom. The van der Waals surface area contributed by atoms with Gasteiger partial charge in [0.2, 0.25) is 0 Å². The quantitative estimate of drug-likeness (QED) is 0.131. The number of anilines is 3.